The van der Waals surface area contributed by atoms with Crippen molar-refractivity contribution in [2.24, 2.45) is 5.16 Å². The highest BCUT2D eigenvalue weighted by Gasteiger charge is 2.12. The molecule has 7 nitrogen and oxygen atoms in total. The van der Waals surface area contributed by atoms with Gasteiger partial charge in [0.1, 0.15) is 13.2 Å². The van der Waals surface area contributed by atoms with E-state index < -0.39 is 4.92 Å². The van der Waals surface area contributed by atoms with Crippen LogP contribution in [0.15, 0.2) is 76.4 Å². The number of nitro groups is 1. The van der Waals surface area contributed by atoms with Crippen LogP contribution in [0.4, 0.5) is 5.69 Å². The lowest BCUT2D eigenvalue weighted by molar-refractivity contribution is -0.384. The Morgan fingerprint density at radius 1 is 1.03 bits per heavy atom. The van der Waals surface area contributed by atoms with Crippen molar-refractivity contribution in [3.8, 4) is 11.5 Å². The van der Waals surface area contributed by atoms with Crippen molar-refractivity contribution >= 4 is 27.8 Å². The van der Waals surface area contributed by atoms with Crippen molar-refractivity contribution in [1.29, 1.82) is 0 Å². The molecule has 3 aromatic carbocycles. The van der Waals surface area contributed by atoms with Crippen molar-refractivity contribution in [1.82, 2.24) is 0 Å². The monoisotopic (exact) mass is 470 g/mol. The van der Waals surface area contributed by atoms with Crippen LogP contribution in [0.3, 0.4) is 0 Å². The number of rotatable bonds is 9. The van der Waals surface area contributed by atoms with E-state index in [1.165, 1.54) is 18.3 Å². The maximum atomic E-state index is 10.8. The second-order valence-electron chi connectivity index (χ2n) is 6.24. The van der Waals surface area contributed by atoms with Gasteiger partial charge in [-0.3, -0.25) is 10.1 Å². The van der Waals surface area contributed by atoms with E-state index in [1.807, 2.05) is 36.4 Å². The van der Waals surface area contributed by atoms with E-state index in [9.17, 15) is 10.1 Å². The fourth-order valence-electron chi connectivity index (χ4n) is 2.65. The first-order valence-electron chi connectivity index (χ1n) is 8.99. The SMILES string of the molecule is COc1cc(/C=N\OCc2cccc([N+](=O)[O-])c2)cc(Br)c1OCc1ccccc1. The highest BCUT2D eigenvalue weighted by Crippen LogP contribution is 2.36. The molecule has 0 aliphatic rings. The van der Waals surface area contributed by atoms with E-state index in [1.54, 1.807) is 25.3 Å². The van der Waals surface area contributed by atoms with Crippen LogP contribution in [0.1, 0.15) is 16.7 Å². The Balaban J connectivity index is 1.64. The summed E-state index contributed by atoms with van der Waals surface area (Å²) >= 11 is 3.51. The Morgan fingerprint density at radius 3 is 2.53 bits per heavy atom. The molecular weight excluding hydrogens is 452 g/mol. The van der Waals surface area contributed by atoms with Crippen molar-refractivity contribution in [3.63, 3.8) is 0 Å². The third-order valence-corrected chi connectivity index (χ3v) is 4.70. The first-order chi connectivity index (χ1) is 14.6. The van der Waals surface area contributed by atoms with Crippen molar-refractivity contribution in [2.45, 2.75) is 13.2 Å². The molecule has 0 saturated heterocycles. The quantitative estimate of drug-likeness (QED) is 0.234. The second kappa shape index (κ2) is 10.4. The molecule has 30 heavy (non-hydrogen) atoms. The van der Waals surface area contributed by atoms with Crippen LogP contribution in [0.5, 0.6) is 11.5 Å². The van der Waals surface area contributed by atoms with Gasteiger partial charge in [0.15, 0.2) is 11.5 Å². The Hall–Kier alpha value is -3.39. The molecule has 0 fully saturated rings. The van der Waals surface area contributed by atoms with Crippen molar-refractivity contribution < 1.29 is 19.2 Å². The minimum Gasteiger partial charge on any atom is -0.493 e. The largest absolute Gasteiger partial charge is 0.493 e. The number of nitrogens with zero attached hydrogens (tertiary/aromatic N) is 2. The summed E-state index contributed by atoms with van der Waals surface area (Å²) in [5, 5.41) is 14.8. The fraction of sp³-hybridized carbons (Fsp3) is 0.136. The number of non-ortho nitro benzene ring substituents is 1. The van der Waals surface area contributed by atoms with Crippen LogP contribution in [0.25, 0.3) is 0 Å². The van der Waals surface area contributed by atoms with Gasteiger partial charge in [0.25, 0.3) is 5.69 Å². The minimum atomic E-state index is -0.446. The van der Waals surface area contributed by atoms with Crippen molar-refractivity contribution in [3.05, 3.63) is 98.0 Å². The first kappa shape index (κ1) is 21.3. The highest BCUT2D eigenvalue weighted by molar-refractivity contribution is 9.10. The summed E-state index contributed by atoms with van der Waals surface area (Å²) in [6.07, 6.45) is 1.53. The number of ether oxygens (including phenoxy) is 2. The van der Waals surface area contributed by atoms with E-state index in [4.69, 9.17) is 14.3 Å². The number of methoxy groups -OCH3 is 1. The Kier molecular flexibility index (Phi) is 7.40. The van der Waals surface area contributed by atoms with E-state index in [0.717, 1.165) is 15.6 Å². The molecule has 0 heterocycles. The molecule has 0 aliphatic carbocycles. The van der Waals surface area contributed by atoms with E-state index >= 15 is 0 Å². The van der Waals surface area contributed by atoms with Gasteiger partial charge in [-0.2, -0.15) is 0 Å². The number of hydrogen-bond acceptors (Lipinski definition) is 6. The lowest BCUT2D eigenvalue weighted by Crippen LogP contribution is -1.99. The molecule has 0 saturated carbocycles. The zero-order valence-corrected chi connectivity index (χ0v) is 17.7. The number of benzene rings is 3. The lowest BCUT2D eigenvalue weighted by Gasteiger charge is -2.13. The van der Waals surface area contributed by atoms with E-state index in [-0.39, 0.29) is 12.3 Å². The molecule has 0 radical (unpaired) electrons. The predicted molar refractivity (Wildman–Crippen MR) is 117 cm³/mol. The summed E-state index contributed by atoms with van der Waals surface area (Å²) in [6, 6.07) is 19.7. The Morgan fingerprint density at radius 2 is 1.80 bits per heavy atom. The van der Waals surface area contributed by atoms with Gasteiger partial charge >= 0.3 is 0 Å². The smallest absolute Gasteiger partial charge is 0.269 e. The molecule has 0 aliphatic heterocycles. The van der Waals surface area contributed by atoms with Crippen LogP contribution in [0.2, 0.25) is 0 Å². The normalized spacial score (nSPS) is 10.7. The van der Waals surface area contributed by atoms with Crippen LogP contribution in [-0.2, 0) is 18.1 Å². The number of hydrogen-bond donors (Lipinski definition) is 0. The third kappa shape index (κ3) is 5.81. The number of nitro benzene ring substituents is 1. The second-order valence-corrected chi connectivity index (χ2v) is 7.10. The molecule has 154 valence electrons. The Bertz CT molecular complexity index is 1040. The standard InChI is InChI=1S/C22H19BrN2O5/c1-28-21-12-18(11-20(23)22(21)29-14-16-6-3-2-4-7-16)13-24-30-15-17-8-5-9-19(10-17)25(26)27/h2-13H,14-15H2,1H3/b24-13-. The maximum absolute atomic E-state index is 10.8. The maximum Gasteiger partial charge on any atom is 0.269 e. The van der Waals surface area contributed by atoms with Gasteiger partial charge in [-0.15, -0.1) is 0 Å². The van der Waals surface area contributed by atoms with Crippen LogP contribution < -0.4 is 9.47 Å². The van der Waals surface area contributed by atoms with Gasteiger partial charge in [-0.25, -0.2) is 0 Å². The van der Waals surface area contributed by atoms with Gasteiger partial charge in [0.2, 0.25) is 0 Å². The molecule has 3 aromatic rings. The summed E-state index contributed by atoms with van der Waals surface area (Å²) in [5.41, 5.74) is 2.46. The van der Waals surface area contributed by atoms with E-state index in [0.29, 0.717) is 23.7 Å². The molecule has 0 amide bonds. The average Bonchev–Trinajstić information content (AvgIpc) is 2.76. The Labute approximate surface area is 182 Å². The topological polar surface area (TPSA) is 83.2 Å². The zero-order valence-electron chi connectivity index (χ0n) is 16.2. The third-order valence-electron chi connectivity index (χ3n) is 4.11. The van der Waals surface area contributed by atoms with Gasteiger partial charge in [-0.1, -0.05) is 47.6 Å². The molecule has 0 aromatic heterocycles. The van der Waals surface area contributed by atoms with Crippen LogP contribution in [-0.4, -0.2) is 18.2 Å². The highest BCUT2D eigenvalue weighted by atomic mass is 79.9. The molecule has 0 N–H and O–H groups in total. The van der Waals surface area contributed by atoms with Crippen LogP contribution >= 0.6 is 15.9 Å². The molecule has 0 atom stereocenters. The first-order valence-corrected chi connectivity index (χ1v) is 9.79. The summed E-state index contributed by atoms with van der Waals surface area (Å²) in [6.45, 7) is 0.532. The fourth-order valence-corrected chi connectivity index (χ4v) is 3.23. The summed E-state index contributed by atoms with van der Waals surface area (Å²) in [5.74, 6) is 1.15. The molecule has 0 bridgehead atoms. The van der Waals surface area contributed by atoms with E-state index in [2.05, 4.69) is 21.1 Å². The summed E-state index contributed by atoms with van der Waals surface area (Å²) in [4.78, 5) is 15.6. The van der Waals surface area contributed by atoms with Gasteiger partial charge in [0, 0.05) is 17.7 Å². The number of oxime groups is 1. The molecule has 0 unspecified atom stereocenters. The predicted octanol–water partition coefficient (Wildman–Crippen LogP) is 5.50. The molecule has 3 rings (SSSR count). The summed E-state index contributed by atoms with van der Waals surface area (Å²) < 4.78 is 12.1. The average molecular weight is 471 g/mol. The molecule has 0 spiro atoms. The minimum absolute atomic E-state index is 0.0137. The van der Waals surface area contributed by atoms with Crippen LogP contribution in [0, 0.1) is 10.1 Å². The summed E-state index contributed by atoms with van der Waals surface area (Å²) in [7, 11) is 1.57. The zero-order chi connectivity index (χ0) is 21.3. The van der Waals surface area contributed by atoms with Gasteiger partial charge in [-0.05, 0) is 39.2 Å². The lowest BCUT2D eigenvalue weighted by atomic mass is 10.2. The van der Waals surface area contributed by atoms with Gasteiger partial charge in [0.05, 0.1) is 22.7 Å². The van der Waals surface area contributed by atoms with Crippen molar-refractivity contribution in [2.75, 3.05) is 7.11 Å². The molecular formula is C22H19BrN2O5. The number of halogens is 1. The molecule has 8 heteroatoms. The van der Waals surface area contributed by atoms with Gasteiger partial charge < -0.3 is 14.3 Å².